The molecule has 0 aromatic heterocycles. The first-order valence-electron chi connectivity index (χ1n) is 7.22. The van der Waals surface area contributed by atoms with E-state index in [9.17, 15) is 22.0 Å². The Morgan fingerprint density at radius 3 is 1.75 bits per heavy atom. The van der Waals surface area contributed by atoms with E-state index >= 15 is 0 Å². The van der Waals surface area contributed by atoms with Crippen molar-refractivity contribution < 1.29 is 35.2 Å². The van der Waals surface area contributed by atoms with Gasteiger partial charge >= 0.3 is 8.80 Å². The van der Waals surface area contributed by atoms with Crippen LogP contribution in [0.15, 0.2) is 0 Å². The van der Waals surface area contributed by atoms with Crippen molar-refractivity contribution in [2.75, 3.05) is 26.1 Å². The molecule has 0 aliphatic carbocycles. The zero-order valence-electron chi connectivity index (χ0n) is 13.8. The van der Waals surface area contributed by atoms with Gasteiger partial charge in [0.25, 0.3) is 0 Å². The number of hydrogen-bond acceptors (Lipinski definition) is 4. The summed E-state index contributed by atoms with van der Waals surface area (Å²) in [5.41, 5.74) is -1.06. The second-order valence-corrected chi connectivity index (χ2v) is 8.15. The highest BCUT2D eigenvalue weighted by atomic mass is 28.4. The first-order chi connectivity index (χ1) is 11.2. The first kappa shape index (κ1) is 20.8. The summed E-state index contributed by atoms with van der Waals surface area (Å²) in [4.78, 5) is 0. The van der Waals surface area contributed by atoms with Gasteiger partial charge in [-0.3, -0.25) is 0 Å². The zero-order chi connectivity index (χ0) is 18.5. The molecule has 0 radical (unpaired) electrons. The molecule has 1 N–H and O–H groups in total. The van der Waals surface area contributed by atoms with Crippen molar-refractivity contribution in [3.8, 4) is 0 Å². The van der Waals surface area contributed by atoms with Crippen LogP contribution in [0.4, 0.5) is 27.6 Å². The molecule has 0 aliphatic heterocycles. The third-order valence-corrected chi connectivity index (χ3v) is 6.25. The molecule has 24 heavy (non-hydrogen) atoms. The lowest BCUT2D eigenvalue weighted by molar-refractivity contribution is 0.0697. The Labute approximate surface area is 138 Å². The molecule has 0 bridgehead atoms. The van der Waals surface area contributed by atoms with Crippen LogP contribution >= 0.6 is 0 Å². The Balaban J connectivity index is 2.75. The van der Waals surface area contributed by atoms with Crippen molar-refractivity contribution in [3.63, 3.8) is 0 Å². The maximum atomic E-state index is 13.5. The van der Waals surface area contributed by atoms with E-state index < -0.39 is 43.6 Å². The van der Waals surface area contributed by atoms with Gasteiger partial charge in [0, 0.05) is 32.9 Å². The molecule has 0 amide bonds. The number of rotatable bonds is 9. The third kappa shape index (κ3) is 4.65. The Bertz CT molecular complexity index is 541. The fourth-order valence-electron chi connectivity index (χ4n) is 2.08. The Morgan fingerprint density at radius 2 is 1.33 bits per heavy atom. The predicted octanol–water partition coefficient (Wildman–Crippen LogP) is 3.84. The summed E-state index contributed by atoms with van der Waals surface area (Å²) in [6, 6.07) is 0.306. The van der Waals surface area contributed by atoms with E-state index in [4.69, 9.17) is 13.3 Å². The highest BCUT2D eigenvalue weighted by molar-refractivity contribution is 6.60. The molecule has 0 saturated heterocycles. The van der Waals surface area contributed by atoms with Gasteiger partial charge in [-0.25, -0.2) is 22.0 Å². The Morgan fingerprint density at radius 1 is 0.875 bits per heavy atom. The maximum Gasteiger partial charge on any atom is 0.500 e. The lowest BCUT2D eigenvalue weighted by Gasteiger charge is -2.28. The standard InChI is InChI=1S/C14H20F5NO3Si/c1-8(2)23-24(21-3,22-4)7-5-6-20-14-12(18)10(16)9(15)11(17)13(14)19/h8,20H,5-7H2,1-4H3. The summed E-state index contributed by atoms with van der Waals surface area (Å²) < 4.78 is 82.4. The molecule has 0 fully saturated rings. The SMILES string of the molecule is CO[Si](CCCNc1c(F)c(F)c(F)c(F)c1F)(OC)OC(C)C. The Hall–Kier alpha value is -1.23. The predicted molar refractivity (Wildman–Crippen MR) is 80.1 cm³/mol. The number of nitrogens with one attached hydrogen (secondary N) is 1. The van der Waals surface area contributed by atoms with Crippen molar-refractivity contribution in [1.29, 1.82) is 0 Å². The average Bonchev–Trinajstić information content (AvgIpc) is 2.56. The van der Waals surface area contributed by atoms with Crippen LogP contribution in [0.3, 0.4) is 0 Å². The quantitative estimate of drug-likeness (QED) is 0.235. The average molecular weight is 373 g/mol. The minimum Gasteiger partial charge on any atom is -0.380 e. The molecule has 4 nitrogen and oxygen atoms in total. The van der Waals surface area contributed by atoms with Crippen molar-refractivity contribution in [3.05, 3.63) is 29.1 Å². The van der Waals surface area contributed by atoms with Crippen LogP contribution in [-0.4, -0.2) is 35.7 Å². The van der Waals surface area contributed by atoms with Crippen LogP contribution in [-0.2, 0) is 13.3 Å². The summed E-state index contributed by atoms with van der Waals surface area (Å²) in [7, 11) is -0.0859. The van der Waals surface area contributed by atoms with Gasteiger partial charge in [-0.15, -0.1) is 0 Å². The van der Waals surface area contributed by atoms with E-state index in [2.05, 4.69) is 5.32 Å². The molecule has 1 aromatic rings. The highest BCUT2D eigenvalue weighted by Gasteiger charge is 2.39. The van der Waals surface area contributed by atoms with Crippen molar-refractivity contribution in [1.82, 2.24) is 0 Å². The number of hydrogen-bond donors (Lipinski definition) is 1. The second-order valence-electron chi connectivity index (χ2n) is 5.23. The van der Waals surface area contributed by atoms with Gasteiger partial charge in [-0.1, -0.05) is 0 Å². The summed E-state index contributed by atoms with van der Waals surface area (Å²) in [6.07, 6.45) is 0.125. The smallest absolute Gasteiger partial charge is 0.380 e. The minimum absolute atomic E-state index is 0.0543. The summed E-state index contributed by atoms with van der Waals surface area (Å²) in [5, 5.41) is 2.22. The molecule has 138 valence electrons. The van der Waals surface area contributed by atoms with Crippen LogP contribution in [0, 0.1) is 29.1 Å². The molecule has 0 heterocycles. The highest BCUT2D eigenvalue weighted by Crippen LogP contribution is 2.27. The van der Waals surface area contributed by atoms with Gasteiger partial charge in [0.2, 0.25) is 5.82 Å². The largest absolute Gasteiger partial charge is 0.500 e. The van der Waals surface area contributed by atoms with Crippen molar-refractivity contribution >= 4 is 14.5 Å². The monoisotopic (exact) mass is 373 g/mol. The number of benzene rings is 1. The molecule has 0 aliphatic rings. The van der Waals surface area contributed by atoms with Crippen LogP contribution in [0.1, 0.15) is 20.3 Å². The molecule has 0 spiro atoms. The fraction of sp³-hybridized carbons (Fsp3) is 0.571. The van der Waals surface area contributed by atoms with Crippen LogP contribution < -0.4 is 5.32 Å². The van der Waals surface area contributed by atoms with Gasteiger partial charge in [-0.05, 0) is 20.3 Å². The molecule has 0 unspecified atom stereocenters. The van der Waals surface area contributed by atoms with E-state index in [1.807, 2.05) is 0 Å². The molecule has 0 saturated carbocycles. The van der Waals surface area contributed by atoms with Crippen LogP contribution in [0.2, 0.25) is 6.04 Å². The topological polar surface area (TPSA) is 39.7 Å². The minimum atomic E-state index is -2.94. The summed E-state index contributed by atoms with van der Waals surface area (Å²) in [6.45, 7) is 3.54. The Kier molecular flexibility index (Phi) is 7.58. The zero-order valence-corrected chi connectivity index (χ0v) is 14.8. The number of halogens is 5. The summed E-state index contributed by atoms with van der Waals surface area (Å²) >= 11 is 0. The van der Waals surface area contributed by atoms with E-state index in [0.717, 1.165) is 0 Å². The van der Waals surface area contributed by atoms with Crippen molar-refractivity contribution in [2.24, 2.45) is 0 Å². The first-order valence-corrected chi connectivity index (χ1v) is 9.15. The van der Waals surface area contributed by atoms with Gasteiger partial charge < -0.3 is 18.6 Å². The molecular formula is C14H20F5NO3Si. The van der Waals surface area contributed by atoms with Crippen LogP contribution in [0.25, 0.3) is 0 Å². The molecule has 1 aromatic carbocycles. The molecule has 1 rings (SSSR count). The van der Waals surface area contributed by atoms with E-state index in [1.54, 1.807) is 13.8 Å². The third-order valence-electron chi connectivity index (χ3n) is 3.21. The van der Waals surface area contributed by atoms with Crippen LogP contribution in [0.5, 0.6) is 0 Å². The second kappa shape index (κ2) is 8.74. The normalized spacial score (nSPS) is 12.1. The molecule has 0 atom stereocenters. The van der Waals surface area contributed by atoms with Gasteiger partial charge in [-0.2, -0.15) is 0 Å². The molecular weight excluding hydrogens is 353 g/mol. The molecule has 10 heteroatoms. The lowest BCUT2D eigenvalue weighted by Crippen LogP contribution is -2.45. The summed E-state index contributed by atoms with van der Waals surface area (Å²) in [5.74, 6) is -9.96. The van der Waals surface area contributed by atoms with E-state index in [1.165, 1.54) is 14.2 Å². The fourth-order valence-corrected chi connectivity index (χ4v) is 4.29. The van der Waals surface area contributed by atoms with Gasteiger partial charge in [0.05, 0.1) is 0 Å². The van der Waals surface area contributed by atoms with Gasteiger partial charge in [0.15, 0.2) is 23.3 Å². The van der Waals surface area contributed by atoms with Gasteiger partial charge in [0.1, 0.15) is 5.69 Å². The number of anilines is 1. The maximum absolute atomic E-state index is 13.5. The van der Waals surface area contributed by atoms with E-state index in [-0.39, 0.29) is 19.1 Å². The van der Waals surface area contributed by atoms with E-state index in [0.29, 0.717) is 6.04 Å². The lowest BCUT2D eigenvalue weighted by atomic mass is 10.2. The van der Waals surface area contributed by atoms with Crippen molar-refractivity contribution in [2.45, 2.75) is 32.4 Å².